The van der Waals surface area contributed by atoms with E-state index in [1.807, 2.05) is 13.0 Å². The van der Waals surface area contributed by atoms with Crippen LogP contribution in [-0.2, 0) is 26.0 Å². The molecular weight excluding hydrogens is 463 g/mol. The van der Waals surface area contributed by atoms with Crippen molar-refractivity contribution in [1.82, 2.24) is 4.31 Å². The number of ether oxygens (including phenoxy) is 2. The zero-order valence-electron chi connectivity index (χ0n) is 17.1. The average Bonchev–Trinajstić information content (AvgIpc) is 2.76. The molecule has 3 rings (SSSR count). The Bertz CT molecular complexity index is 1040. The predicted octanol–water partition coefficient (Wildman–Crippen LogP) is 3.98. The van der Waals surface area contributed by atoms with Crippen LogP contribution >= 0.6 is 23.2 Å². The summed E-state index contributed by atoms with van der Waals surface area (Å²) in [5.74, 6) is 0.107. The van der Waals surface area contributed by atoms with Crippen LogP contribution in [-0.4, -0.2) is 51.5 Å². The van der Waals surface area contributed by atoms with Crippen LogP contribution in [0.2, 0.25) is 10.0 Å². The van der Waals surface area contributed by atoms with Crippen molar-refractivity contribution in [1.29, 1.82) is 0 Å². The second-order valence-electron chi connectivity index (χ2n) is 6.87. The van der Waals surface area contributed by atoms with Crippen molar-refractivity contribution in [2.75, 3.05) is 38.2 Å². The molecule has 7 nitrogen and oxygen atoms in total. The van der Waals surface area contributed by atoms with Crippen LogP contribution in [0, 0.1) is 0 Å². The molecule has 31 heavy (non-hydrogen) atoms. The summed E-state index contributed by atoms with van der Waals surface area (Å²) in [6.45, 7) is 3.47. The monoisotopic (exact) mass is 486 g/mol. The number of rotatable bonds is 8. The Labute approximate surface area is 192 Å². The van der Waals surface area contributed by atoms with Crippen molar-refractivity contribution in [2.45, 2.75) is 24.7 Å². The number of sulfonamides is 1. The van der Waals surface area contributed by atoms with Gasteiger partial charge in [-0.2, -0.15) is 4.31 Å². The van der Waals surface area contributed by atoms with Gasteiger partial charge < -0.3 is 14.8 Å². The summed E-state index contributed by atoms with van der Waals surface area (Å²) in [6.07, 6.45) is 0.535. The van der Waals surface area contributed by atoms with E-state index >= 15 is 0 Å². The number of anilines is 1. The third-order valence-corrected chi connectivity index (χ3v) is 7.54. The first-order valence-electron chi connectivity index (χ1n) is 9.90. The topological polar surface area (TPSA) is 84.9 Å². The first kappa shape index (κ1) is 23.8. The van der Waals surface area contributed by atoms with E-state index in [-0.39, 0.29) is 30.3 Å². The highest BCUT2D eigenvalue weighted by molar-refractivity contribution is 7.89. The van der Waals surface area contributed by atoms with E-state index in [9.17, 15) is 13.2 Å². The summed E-state index contributed by atoms with van der Waals surface area (Å²) >= 11 is 12.2. The molecule has 2 aromatic carbocycles. The fraction of sp³-hybridized carbons (Fsp3) is 0.381. The third kappa shape index (κ3) is 5.90. The molecule has 1 N–H and O–H groups in total. The van der Waals surface area contributed by atoms with Crippen LogP contribution in [0.1, 0.15) is 18.9 Å². The van der Waals surface area contributed by atoms with E-state index in [4.69, 9.17) is 32.7 Å². The van der Waals surface area contributed by atoms with Crippen molar-refractivity contribution >= 4 is 44.8 Å². The summed E-state index contributed by atoms with van der Waals surface area (Å²) in [5.41, 5.74) is 1.07. The first-order valence-corrected chi connectivity index (χ1v) is 12.1. The molecule has 10 heteroatoms. The standard InChI is InChI=1S/C21H24Cl2N2O5S/c1-2-30-19-8-7-16(31(27,28)25-10-12-29-13-11-25)14-18(19)24-20(26)9-6-15-4-3-5-17(22)21(15)23/h3-5,7-8,14H,2,6,9-13H2,1H3,(H,24,26). The lowest BCUT2D eigenvalue weighted by Gasteiger charge is -2.26. The van der Waals surface area contributed by atoms with Crippen molar-refractivity contribution in [3.63, 3.8) is 0 Å². The molecule has 1 aliphatic heterocycles. The van der Waals surface area contributed by atoms with E-state index in [1.165, 1.54) is 16.4 Å². The van der Waals surface area contributed by atoms with Crippen LogP contribution in [0.15, 0.2) is 41.3 Å². The second-order valence-corrected chi connectivity index (χ2v) is 9.59. The van der Waals surface area contributed by atoms with Crippen molar-refractivity contribution in [3.05, 3.63) is 52.0 Å². The van der Waals surface area contributed by atoms with Gasteiger partial charge in [0.2, 0.25) is 15.9 Å². The van der Waals surface area contributed by atoms with Gasteiger partial charge in [-0.1, -0.05) is 35.3 Å². The van der Waals surface area contributed by atoms with Crippen LogP contribution in [0.25, 0.3) is 0 Å². The largest absolute Gasteiger partial charge is 0.492 e. The maximum atomic E-state index is 13.0. The Morgan fingerprint density at radius 1 is 1.19 bits per heavy atom. The molecule has 0 aliphatic carbocycles. The lowest BCUT2D eigenvalue weighted by Crippen LogP contribution is -2.40. The second kappa shape index (κ2) is 10.7. The van der Waals surface area contributed by atoms with Crippen LogP contribution < -0.4 is 10.1 Å². The lowest BCUT2D eigenvalue weighted by molar-refractivity contribution is -0.116. The molecule has 168 valence electrons. The number of carbonyl (C=O) groups is 1. The molecule has 0 saturated carbocycles. The Morgan fingerprint density at radius 3 is 2.65 bits per heavy atom. The predicted molar refractivity (Wildman–Crippen MR) is 121 cm³/mol. The Kier molecular flexibility index (Phi) is 8.18. The number of nitrogens with one attached hydrogen (secondary N) is 1. The molecule has 2 aromatic rings. The van der Waals surface area contributed by atoms with Gasteiger partial charge in [0.25, 0.3) is 0 Å². The number of hydrogen-bond acceptors (Lipinski definition) is 5. The highest BCUT2D eigenvalue weighted by atomic mass is 35.5. The van der Waals surface area contributed by atoms with Crippen molar-refractivity contribution < 1.29 is 22.7 Å². The number of carbonyl (C=O) groups excluding carboxylic acids is 1. The lowest BCUT2D eigenvalue weighted by atomic mass is 10.1. The molecule has 1 aliphatic rings. The minimum absolute atomic E-state index is 0.0889. The Morgan fingerprint density at radius 2 is 1.94 bits per heavy atom. The van der Waals surface area contributed by atoms with Crippen molar-refractivity contribution in [3.8, 4) is 5.75 Å². The smallest absolute Gasteiger partial charge is 0.243 e. The summed E-state index contributed by atoms with van der Waals surface area (Å²) in [5, 5.41) is 3.62. The summed E-state index contributed by atoms with van der Waals surface area (Å²) in [7, 11) is -3.70. The van der Waals surface area contributed by atoms with Gasteiger partial charge in [0.1, 0.15) is 5.75 Å². The van der Waals surface area contributed by atoms with Gasteiger partial charge >= 0.3 is 0 Å². The van der Waals surface area contributed by atoms with Gasteiger partial charge in [0, 0.05) is 19.5 Å². The molecule has 0 aromatic heterocycles. The van der Waals surface area contributed by atoms with Crippen molar-refractivity contribution in [2.24, 2.45) is 0 Å². The molecule has 1 heterocycles. The molecule has 0 spiro atoms. The van der Waals surface area contributed by atoms with E-state index in [1.54, 1.807) is 18.2 Å². The molecule has 1 fully saturated rings. The molecule has 0 atom stereocenters. The van der Waals surface area contributed by atoms with Gasteiger partial charge in [-0.15, -0.1) is 0 Å². The molecule has 1 saturated heterocycles. The number of morpholine rings is 1. The number of amides is 1. The number of halogens is 2. The zero-order valence-corrected chi connectivity index (χ0v) is 19.4. The number of nitrogens with zero attached hydrogens (tertiary/aromatic N) is 1. The van der Waals surface area contributed by atoms with Crippen LogP contribution in [0.3, 0.4) is 0 Å². The maximum Gasteiger partial charge on any atom is 0.243 e. The third-order valence-electron chi connectivity index (χ3n) is 4.79. The van der Waals surface area contributed by atoms with E-state index in [0.29, 0.717) is 47.7 Å². The van der Waals surface area contributed by atoms with Crippen LogP contribution in [0.4, 0.5) is 5.69 Å². The summed E-state index contributed by atoms with van der Waals surface area (Å²) in [6, 6.07) is 9.73. The van der Waals surface area contributed by atoms with Crippen LogP contribution in [0.5, 0.6) is 5.75 Å². The fourth-order valence-electron chi connectivity index (χ4n) is 3.19. The normalized spacial score (nSPS) is 14.9. The molecule has 0 unspecified atom stereocenters. The Hall–Kier alpha value is -1.84. The summed E-state index contributed by atoms with van der Waals surface area (Å²) in [4.78, 5) is 12.7. The SMILES string of the molecule is CCOc1ccc(S(=O)(=O)N2CCOCC2)cc1NC(=O)CCc1cccc(Cl)c1Cl. The first-order chi connectivity index (χ1) is 14.8. The van der Waals surface area contributed by atoms with Gasteiger partial charge in [0.05, 0.1) is 40.4 Å². The zero-order chi connectivity index (χ0) is 22.4. The fourth-order valence-corrected chi connectivity index (χ4v) is 5.04. The molecule has 0 radical (unpaired) electrons. The number of hydrogen-bond donors (Lipinski definition) is 1. The van der Waals surface area contributed by atoms with Gasteiger partial charge in [-0.05, 0) is 43.2 Å². The van der Waals surface area contributed by atoms with E-state index < -0.39 is 10.0 Å². The quantitative estimate of drug-likeness (QED) is 0.609. The van der Waals surface area contributed by atoms with Gasteiger partial charge in [0.15, 0.2) is 0 Å². The maximum absolute atomic E-state index is 13.0. The average molecular weight is 487 g/mol. The molecule has 1 amide bonds. The van der Waals surface area contributed by atoms with E-state index in [0.717, 1.165) is 5.56 Å². The highest BCUT2D eigenvalue weighted by Gasteiger charge is 2.27. The molecular formula is C21H24Cl2N2O5S. The van der Waals surface area contributed by atoms with Gasteiger partial charge in [-0.3, -0.25) is 4.79 Å². The minimum atomic E-state index is -3.70. The summed E-state index contributed by atoms with van der Waals surface area (Å²) < 4.78 is 38.1. The van der Waals surface area contributed by atoms with E-state index in [2.05, 4.69) is 5.32 Å². The molecule has 0 bridgehead atoms. The highest BCUT2D eigenvalue weighted by Crippen LogP contribution is 2.30. The minimum Gasteiger partial charge on any atom is -0.492 e. The number of aryl methyl sites for hydroxylation is 1. The number of benzene rings is 2. The van der Waals surface area contributed by atoms with Gasteiger partial charge in [-0.25, -0.2) is 8.42 Å². The Balaban J connectivity index is 1.77.